The molecule has 2 atom stereocenters. The molecule has 2 unspecified atom stereocenters. The Kier molecular flexibility index (Phi) is 4.63. The van der Waals surface area contributed by atoms with Crippen molar-refractivity contribution in [3.8, 4) is 0 Å². The number of allylic oxidation sites excluding steroid dienone is 1. The summed E-state index contributed by atoms with van der Waals surface area (Å²) in [5.41, 5.74) is 5.84. The van der Waals surface area contributed by atoms with Crippen molar-refractivity contribution < 1.29 is 4.74 Å². The van der Waals surface area contributed by atoms with Crippen molar-refractivity contribution in [2.24, 2.45) is 23.5 Å². The quantitative estimate of drug-likeness (QED) is 0.662. The average molecular weight is 197 g/mol. The molecular weight excluding hydrogens is 174 g/mol. The summed E-state index contributed by atoms with van der Waals surface area (Å²) in [5.74, 6) is 2.37. The highest BCUT2D eigenvalue weighted by atomic mass is 16.5. The smallest absolute Gasteiger partial charge is 0.0649 e. The number of rotatable bonds is 6. The van der Waals surface area contributed by atoms with Gasteiger partial charge in [0.2, 0.25) is 0 Å². The van der Waals surface area contributed by atoms with Crippen LogP contribution in [0.4, 0.5) is 0 Å². The van der Waals surface area contributed by atoms with Gasteiger partial charge in [-0.3, -0.25) is 0 Å². The highest BCUT2D eigenvalue weighted by molar-refractivity contribution is 5.01. The van der Waals surface area contributed by atoms with Crippen LogP contribution in [0.15, 0.2) is 12.2 Å². The molecule has 14 heavy (non-hydrogen) atoms. The number of hydrogen-bond donors (Lipinski definition) is 1. The highest BCUT2D eigenvalue weighted by Gasteiger charge is 2.31. The number of methoxy groups -OCH3 is 1. The summed E-state index contributed by atoms with van der Waals surface area (Å²) in [5, 5.41) is 0. The predicted molar refractivity (Wildman–Crippen MR) is 60.0 cm³/mol. The maximum atomic E-state index is 5.84. The summed E-state index contributed by atoms with van der Waals surface area (Å²) in [6.45, 7) is 5.19. The van der Waals surface area contributed by atoms with Crippen LogP contribution in [-0.4, -0.2) is 19.8 Å². The average Bonchev–Trinajstić information content (AvgIpc) is 2.88. The van der Waals surface area contributed by atoms with E-state index < -0.39 is 0 Å². The Hall–Kier alpha value is -0.340. The number of nitrogens with two attached hydrogens (primary N) is 1. The van der Waals surface area contributed by atoms with Gasteiger partial charge in [0.05, 0.1) is 6.61 Å². The van der Waals surface area contributed by atoms with Gasteiger partial charge in [0.1, 0.15) is 0 Å². The molecule has 1 saturated carbocycles. The van der Waals surface area contributed by atoms with Crippen LogP contribution in [0.25, 0.3) is 0 Å². The van der Waals surface area contributed by atoms with Crippen molar-refractivity contribution in [1.82, 2.24) is 0 Å². The van der Waals surface area contributed by atoms with E-state index >= 15 is 0 Å². The van der Waals surface area contributed by atoms with Crippen molar-refractivity contribution in [3.63, 3.8) is 0 Å². The zero-order chi connectivity index (χ0) is 10.6. The van der Waals surface area contributed by atoms with Gasteiger partial charge in [-0.05, 0) is 30.6 Å². The van der Waals surface area contributed by atoms with Crippen LogP contribution in [0.2, 0.25) is 0 Å². The van der Waals surface area contributed by atoms with Crippen molar-refractivity contribution >= 4 is 0 Å². The summed E-state index contributed by atoms with van der Waals surface area (Å²) >= 11 is 0. The fraction of sp³-hybridized carbons (Fsp3) is 0.833. The molecule has 1 fully saturated rings. The maximum absolute atomic E-state index is 5.84. The van der Waals surface area contributed by atoms with E-state index in [-0.39, 0.29) is 6.04 Å². The zero-order valence-corrected chi connectivity index (χ0v) is 9.57. The normalized spacial score (nSPS) is 21.8. The molecule has 0 radical (unpaired) electrons. The molecular formula is C12H23NO. The predicted octanol–water partition coefficient (Wildman–Crippen LogP) is 2.20. The molecule has 0 amide bonds. The van der Waals surface area contributed by atoms with Gasteiger partial charge in [0.25, 0.3) is 0 Å². The molecule has 2 N–H and O–H groups in total. The molecule has 1 rings (SSSR count). The van der Waals surface area contributed by atoms with Gasteiger partial charge >= 0.3 is 0 Å². The summed E-state index contributed by atoms with van der Waals surface area (Å²) in [4.78, 5) is 0. The molecule has 2 heteroatoms. The highest BCUT2D eigenvalue weighted by Crippen LogP contribution is 2.41. The van der Waals surface area contributed by atoms with Gasteiger partial charge in [0.15, 0.2) is 0 Å². The second kappa shape index (κ2) is 5.52. The Morgan fingerprint density at radius 3 is 2.43 bits per heavy atom. The molecule has 0 aliphatic heterocycles. The van der Waals surface area contributed by atoms with Crippen LogP contribution in [0.1, 0.15) is 26.7 Å². The lowest BCUT2D eigenvalue weighted by molar-refractivity contribution is 0.191. The first-order valence-corrected chi connectivity index (χ1v) is 5.58. The molecule has 0 aromatic heterocycles. The lowest BCUT2D eigenvalue weighted by atomic mass is 9.90. The monoisotopic (exact) mass is 197 g/mol. The first-order valence-electron chi connectivity index (χ1n) is 5.58. The molecule has 1 aliphatic carbocycles. The van der Waals surface area contributed by atoms with E-state index in [1.54, 1.807) is 7.11 Å². The van der Waals surface area contributed by atoms with Gasteiger partial charge in [-0.25, -0.2) is 0 Å². The summed E-state index contributed by atoms with van der Waals surface area (Å²) in [6.07, 6.45) is 7.19. The second-order valence-corrected chi connectivity index (χ2v) is 4.66. The molecule has 0 saturated heterocycles. The number of ether oxygens (including phenoxy) is 1. The summed E-state index contributed by atoms with van der Waals surface area (Å²) in [6, 6.07) is 0.0556. The fourth-order valence-electron chi connectivity index (χ4n) is 1.92. The minimum Gasteiger partial charge on any atom is -0.383 e. The Bertz CT molecular complexity index is 183. The molecule has 82 valence electrons. The molecule has 0 aromatic rings. The van der Waals surface area contributed by atoms with E-state index in [2.05, 4.69) is 26.0 Å². The zero-order valence-electron chi connectivity index (χ0n) is 9.57. The molecule has 1 aliphatic rings. The molecule has 0 bridgehead atoms. The minimum atomic E-state index is 0.0556. The van der Waals surface area contributed by atoms with Crippen molar-refractivity contribution in [1.29, 1.82) is 0 Å². The molecule has 2 nitrogen and oxygen atoms in total. The standard InChI is InChI=1S/C12H23NO/c1-9(2)12(10-4-5-10)7-6-11(13)8-14-3/h6-7,9-12H,4-5,8,13H2,1-3H3. The van der Waals surface area contributed by atoms with Gasteiger partial charge in [-0.2, -0.15) is 0 Å². The van der Waals surface area contributed by atoms with Crippen molar-refractivity contribution in [2.45, 2.75) is 32.7 Å². The van der Waals surface area contributed by atoms with E-state index in [9.17, 15) is 0 Å². The molecule has 0 aromatic carbocycles. The lowest BCUT2D eigenvalue weighted by Crippen LogP contribution is -2.23. The van der Waals surface area contributed by atoms with Crippen LogP contribution < -0.4 is 5.73 Å². The Balaban J connectivity index is 2.37. The maximum Gasteiger partial charge on any atom is 0.0649 e. The molecule has 0 spiro atoms. The van der Waals surface area contributed by atoms with Crippen LogP contribution in [0.3, 0.4) is 0 Å². The Labute approximate surface area is 87.5 Å². The second-order valence-electron chi connectivity index (χ2n) is 4.66. The SMILES string of the molecule is COCC(N)C=CC(C(C)C)C1CC1. The number of hydrogen-bond acceptors (Lipinski definition) is 2. The van der Waals surface area contributed by atoms with Gasteiger partial charge in [0, 0.05) is 13.2 Å². The first-order chi connectivity index (χ1) is 6.65. The van der Waals surface area contributed by atoms with Crippen molar-refractivity contribution in [2.75, 3.05) is 13.7 Å². The third-order valence-corrected chi connectivity index (χ3v) is 2.88. The summed E-state index contributed by atoms with van der Waals surface area (Å²) in [7, 11) is 1.69. The first kappa shape index (κ1) is 11.7. The third-order valence-electron chi connectivity index (χ3n) is 2.88. The largest absolute Gasteiger partial charge is 0.383 e. The van der Waals surface area contributed by atoms with Gasteiger partial charge in [-0.1, -0.05) is 26.0 Å². The van der Waals surface area contributed by atoms with Crippen LogP contribution in [-0.2, 0) is 4.74 Å². The Morgan fingerprint density at radius 2 is 2.00 bits per heavy atom. The van der Waals surface area contributed by atoms with E-state index in [1.807, 2.05) is 0 Å². The van der Waals surface area contributed by atoms with Crippen LogP contribution in [0.5, 0.6) is 0 Å². The van der Waals surface area contributed by atoms with E-state index in [4.69, 9.17) is 10.5 Å². The fourth-order valence-corrected chi connectivity index (χ4v) is 1.92. The molecule has 0 heterocycles. The van der Waals surface area contributed by atoms with E-state index in [0.29, 0.717) is 6.61 Å². The van der Waals surface area contributed by atoms with E-state index in [1.165, 1.54) is 12.8 Å². The summed E-state index contributed by atoms with van der Waals surface area (Å²) < 4.78 is 5.00. The van der Waals surface area contributed by atoms with Crippen LogP contribution in [0, 0.1) is 17.8 Å². The van der Waals surface area contributed by atoms with Crippen molar-refractivity contribution in [3.05, 3.63) is 12.2 Å². The lowest BCUT2D eigenvalue weighted by Gasteiger charge is -2.16. The Morgan fingerprint density at radius 1 is 1.36 bits per heavy atom. The third kappa shape index (κ3) is 3.81. The van der Waals surface area contributed by atoms with Crippen LogP contribution >= 0.6 is 0 Å². The topological polar surface area (TPSA) is 35.2 Å². The van der Waals surface area contributed by atoms with Gasteiger partial charge in [-0.15, -0.1) is 0 Å². The van der Waals surface area contributed by atoms with E-state index in [0.717, 1.165) is 17.8 Å². The minimum absolute atomic E-state index is 0.0556. The van der Waals surface area contributed by atoms with Gasteiger partial charge < -0.3 is 10.5 Å².